The second-order valence-electron chi connectivity index (χ2n) is 4.37. The van der Waals surface area contributed by atoms with Crippen LogP contribution < -0.4 is 10.0 Å². The van der Waals surface area contributed by atoms with Crippen LogP contribution in [0.5, 0.6) is 0 Å². The molecule has 2 N–H and O–H groups in total. The molecule has 0 unspecified atom stereocenters. The zero-order valence-electron chi connectivity index (χ0n) is 11.2. The molecule has 0 aliphatic carbocycles. The summed E-state index contributed by atoms with van der Waals surface area (Å²) in [6.45, 7) is 1.04. The third-order valence-electron chi connectivity index (χ3n) is 2.76. The molecule has 0 spiro atoms. The molecular formula is C13H21FN2O2S. The summed E-state index contributed by atoms with van der Waals surface area (Å²) in [7, 11) is -1.41. The van der Waals surface area contributed by atoms with Crippen LogP contribution in [-0.4, -0.2) is 34.3 Å². The molecule has 0 amide bonds. The third kappa shape index (κ3) is 6.66. The first-order valence-electron chi connectivity index (χ1n) is 6.40. The molecule has 0 radical (unpaired) electrons. The molecule has 0 aromatic heterocycles. The SMILES string of the molecule is CNCCCCS(=O)(=O)NCCc1ccccc1F. The fraction of sp³-hybridized carbons (Fsp3) is 0.538. The van der Waals surface area contributed by atoms with E-state index in [1.54, 1.807) is 18.2 Å². The second-order valence-corrected chi connectivity index (χ2v) is 6.29. The van der Waals surface area contributed by atoms with Crippen LogP contribution in [0.25, 0.3) is 0 Å². The minimum absolute atomic E-state index is 0.117. The first-order valence-corrected chi connectivity index (χ1v) is 8.06. The van der Waals surface area contributed by atoms with Crippen molar-refractivity contribution in [2.75, 3.05) is 25.9 Å². The lowest BCUT2D eigenvalue weighted by atomic mass is 10.1. The molecule has 1 aromatic carbocycles. The highest BCUT2D eigenvalue weighted by atomic mass is 32.2. The maximum Gasteiger partial charge on any atom is 0.211 e. The second kappa shape index (κ2) is 8.24. The Morgan fingerprint density at radius 3 is 2.58 bits per heavy atom. The van der Waals surface area contributed by atoms with E-state index in [1.807, 2.05) is 7.05 Å². The number of unbranched alkanes of at least 4 members (excludes halogenated alkanes) is 1. The number of sulfonamides is 1. The van der Waals surface area contributed by atoms with Gasteiger partial charge in [0.15, 0.2) is 0 Å². The molecule has 1 aromatic rings. The molecule has 0 atom stereocenters. The van der Waals surface area contributed by atoms with Crippen molar-refractivity contribution < 1.29 is 12.8 Å². The van der Waals surface area contributed by atoms with E-state index in [1.165, 1.54) is 6.07 Å². The fourth-order valence-electron chi connectivity index (χ4n) is 1.71. The fourth-order valence-corrected chi connectivity index (χ4v) is 2.85. The predicted molar refractivity (Wildman–Crippen MR) is 75.1 cm³/mol. The Bertz CT molecular complexity index is 477. The molecule has 4 nitrogen and oxygen atoms in total. The average molecular weight is 288 g/mol. The Kier molecular flexibility index (Phi) is 6.97. The predicted octanol–water partition coefficient (Wildman–Crippen LogP) is 1.29. The number of hydrogen-bond donors (Lipinski definition) is 2. The lowest BCUT2D eigenvalue weighted by Crippen LogP contribution is -2.28. The van der Waals surface area contributed by atoms with E-state index in [2.05, 4.69) is 10.0 Å². The van der Waals surface area contributed by atoms with Crippen molar-refractivity contribution >= 4 is 10.0 Å². The van der Waals surface area contributed by atoms with Crippen LogP contribution in [0.4, 0.5) is 4.39 Å². The van der Waals surface area contributed by atoms with Gasteiger partial charge >= 0.3 is 0 Å². The summed E-state index contributed by atoms with van der Waals surface area (Å²) in [4.78, 5) is 0. The van der Waals surface area contributed by atoms with E-state index in [4.69, 9.17) is 0 Å². The molecule has 0 aliphatic rings. The van der Waals surface area contributed by atoms with Gasteiger partial charge in [0.05, 0.1) is 5.75 Å². The minimum atomic E-state index is -3.25. The lowest BCUT2D eigenvalue weighted by Gasteiger charge is -2.07. The maximum atomic E-state index is 13.3. The van der Waals surface area contributed by atoms with Crippen LogP contribution in [0.3, 0.4) is 0 Å². The molecule has 0 saturated heterocycles. The molecule has 108 valence electrons. The van der Waals surface area contributed by atoms with Crippen LogP contribution in [-0.2, 0) is 16.4 Å². The van der Waals surface area contributed by atoms with E-state index < -0.39 is 10.0 Å². The van der Waals surface area contributed by atoms with Crippen molar-refractivity contribution in [3.8, 4) is 0 Å². The third-order valence-corrected chi connectivity index (χ3v) is 4.23. The molecule has 1 rings (SSSR count). The molecule has 0 fully saturated rings. The van der Waals surface area contributed by atoms with Gasteiger partial charge in [-0.1, -0.05) is 18.2 Å². The summed E-state index contributed by atoms with van der Waals surface area (Å²) in [6, 6.07) is 6.40. The van der Waals surface area contributed by atoms with Crippen LogP contribution in [0.2, 0.25) is 0 Å². The van der Waals surface area contributed by atoms with Crippen molar-refractivity contribution in [1.82, 2.24) is 10.0 Å². The topological polar surface area (TPSA) is 58.2 Å². The van der Waals surface area contributed by atoms with Gasteiger partial charge in [-0.15, -0.1) is 0 Å². The van der Waals surface area contributed by atoms with E-state index in [-0.39, 0.29) is 18.1 Å². The van der Waals surface area contributed by atoms with Crippen molar-refractivity contribution in [2.45, 2.75) is 19.3 Å². The standard InChI is InChI=1S/C13H21FN2O2S/c1-15-9-4-5-11-19(17,18)16-10-8-12-6-2-3-7-13(12)14/h2-3,6-7,15-16H,4-5,8-11H2,1H3. The van der Waals surface area contributed by atoms with E-state index >= 15 is 0 Å². The zero-order valence-corrected chi connectivity index (χ0v) is 12.0. The van der Waals surface area contributed by atoms with Gasteiger partial charge in [-0.25, -0.2) is 17.5 Å². The molecule has 0 saturated carbocycles. The Morgan fingerprint density at radius 2 is 1.89 bits per heavy atom. The smallest absolute Gasteiger partial charge is 0.211 e. The number of hydrogen-bond acceptors (Lipinski definition) is 3. The summed E-state index contributed by atoms with van der Waals surface area (Å²) in [5.41, 5.74) is 0.528. The summed E-state index contributed by atoms with van der Waals surface area (Å²) >= 11 is 0. The normalized spacial score (nSPS) is 11.7. The summed E-state index contributed by atoms with van der Waals surface area (Å²) < 4.78 is 39.1. The van der Waals surface area contributed by atoms with Crippen LogP contribution in [0, 0.1) is 5.82 Å². The van der Waals surface area contributed by atoms with Gasteiger partial charge in [0.25, 0.3) is 0 Å². The monoisotopic (exact) mass is 288 g/mol. The van der Waals surface area contributed by atoms with Crippen LogP contribution in [0.15, 0.2) is 24.3 Å². The molecule has 0 aliphatic heterocycles. The van der Waals surface area contributed by atoms with E-state index in [9.17, 15) is 12.8 Å². The summed E-state index contributed by atoms with van der Waals surface area (Å²) in [5.74, 6) is -0.179. The largest absolute Gasteiger partial charge is 0.320 e. The van der Waals surface area contributed by atoms with Crippen LogP contribution in [0.1, 0.15) is 18.4 Å². The number of rotatable bonds is 9. The lowest BCUT2D eigenvalue weighted by molar-refractivity contribution is 0.572. The number of benzene rings is 1. The van der Waals surface area contributed by atoms with Gasteiger partial charge < -0.3 is 5.32 Å². The van der Waals surface area contributed by atoms with Gasteiger partial charge in [-0.2, -0.15) is 0 Å². The minimum Gasteiger partial charge on any atom is -0.320 e. The van der Waals surface area contributed by atoms with Gasteiger partial charge in [0.1, 0.15) is 5.82 Å². The summed E-state index contributed by atoms with van der Waals surface area (Å²) in [6.07, 6.45) is 1.81. The van der Waals surface area contributed by atoms with Crippen molar-refractivity contribution in [1.29, 1.82) is 0 Å². The maximum absolute atomic E-state index is 13.3. The van der Waals surface area contributed by atoms with Crippen molar-refractivity contribution in [2.24, 2.45) is 0 Å². The molecule has 0 heterocycles. The molecule has 19 heavy (non-hydrogen) atoms. The highest BCUT2D eigenvalue weighted by molar-refractivity contribution is 7.89. The summed E-state index contributed by atoms with van der Waals surface area (Å²) in [5, 5.41) is 2.97. The first-order chi connectivity index (χ1) is 9.05. The van der Waals surface area contributed by atoms with Crippen molar-refractivity contribution in [3.05, 3.63) is 35.6 Å². The number of halogens is 1. The van der Waals surface area contributed by atoms with Gasteiger partial charge in [0, 0.05) is 6.54 Å². The van der Waals surface area contributed by atoms with Crippen LogP contribution >= 0.6 is 0 Å². The highest BCUT2D eigenvalue weighted by Gasteiger charge is 2.09. The van der Waals surface area contributed by atoms with E-state index in [0.29, 0.717) is 18.4 Å². The quantitative estimate of drug-likeness (QED) is 0.673. The molecular weight excluding hydrogens is 267 g/mol. The average Bonchev–Trinajstić information content (AvgIpc) is 2.37. The Balaban J connectivity index is 2.30. The van der Waals surface area contributed by atoms with Gasteiger partial charge in [0.2, 0.25) is 10.0 Å². The molecule has 6 heteroatoms. The number of nitrogens with one attached hydrogen (secondary N) is 2. The van der Waals surface area contributed by atoms with Crippen molar-refractivity contribution in [3.63, 3.8) is 0 Å². The van der Waals surface area contributed by atoms with E-state index in [0.717, 1.165) is 13.0 Å². The van der Waals surface area contributed by atoms with Gasteiger partial charge in [-0.3, -0.25) is 0 Å². The highest BCUT2D eigenvalue weighted by Crippen LogP contribution is 2.06. The Labute approximate surface area is 114 Å². The van der Waals surface area contributed by atoms with Gasteiger partial charge in [-0.05, 0) is 44.5 Å². The Hall–Kier alpha value is -0.980. The zero-order chi connectivity index (χ0) is 14.1. The molecule has 0 bridgehead atoms. The first kappa shape index (κ1) is 16.1. The Morgan fingerprint density at radius 1 is 1.16 bits per heavy atom.